The third-order valence-corrected chi connectivity index (χ3v) is 5.64. The van der Waals surface area contributed by atoms with E-state index in [2.05, 4.69) is 20.6 Å². The monoisotopic (exact) mass is 433 g/mol. The fourth-order valence-electron chi connectivity index (χ4n) is 3.84. The molecule has 1 aromatic carbocycles. The molecule has 3 rings (SSSR count). The zero-order chi connectivity index (χ0) is 22.7. The van der Waals surface area contributed by atoms with E-state index in [1.54, 1.807) is 0 Å². The van der Waals surface area contributed by atoms with Crippen molar-refractivity contribution >= 4 is 17.7 Å². The van der Waals surface area contributed by atoms with Crippen LogP contribution in [0.3, 0.4) is 0 Å². The molecule has 3 N–H and O–H groups in total. The summed E-state index contributed by atoms with van der Waals surface area (Å²) in [4.78, 5) is 23.4. The number of hydrogen-bond acceptors (Lipinski definition) is 6. The number of benzene rings is 1. The van der Waals surface area contributed by atoms with E-state index < -0.39 is 23.6 Å². The first-order chi connectivity index (χ1) is 14.6. The second kappa shape index (κ2) is 9.55. The van der Waals surface area contributed by atoms with Gasteiger partial charge in [-0.05, 0) is 57.2 Å². The van der Waals surface area contributed by atoms with Gasteiger partial charge in [0.05, 0.1) is 0 Å². The maximum absolute atomic E-state index is 13.3. The first-order valence-electron chi connectivity index (χ1n) is 10.4. The second-order valence-corrected chi connectivity index (χ2v) is 8.28. The highest BCUT2D eigenvalue weighted by Crippen LogP contribution is 2.25. The lowest BCUT2D eigenvalue weighted by atomic mass is 9.91. The quantitative estimate of drug-likeness (QED) is 0.649. The summed E-state index contributed by atoms with van der Waals surface area (Å²) < 4.78 is 26.7. The largest absolute Gasteiger partial charge is 0.378 e. The van der Waals surface area contributed by atoms with Gasteiger partial charge in [0.1, 0.15) is 17.5 Å². The van der Waals surface area contributed by atoms with Crippen LogP contribution >= 0.6 is 0 Å². The average molecular weight is 434 g/mol. The van der Waals surface area contributed by atoms with Gasteiger partial charge in [-0.1, -0.05) is 0 Å². The number of aliphatic hydroxyl groups is 1. The van der Waals surface area contributed by atoms with Gasteiger partial charge in [-0.3, -0.25) is 4.79 Å². The Bertz CT molecular complexity index is 925. The smallest absolute Gasteiger partial charge is 0.253 e. The number of nitrogens with one attached hydrogen (secondary N) is 2. The molecule has 1 aliphatic carbocycles. The van der Waals surface area contributed by atoms with E-state index in [-0.39, 0.29) is 17.6 Å². The van der Waals surface area contributed by atoms with Crippen LogP contribution in [0.1, 0.15) is 48.6 Å². The SMILES string of the molecule is Cc1nc(N[C@H]2CC[C@@H](NC(=O)C(O)c3cc(F)cc(F)c3)CC2)nc(N(C)C)c1C. The maximum Gasteiger partial charge on any atom is 0.253 e. The van der Waals surface area contributed by atoms with Crippen LogP contribution in [0.5, 0.6) is 0 Å². The van der Waals surface area contributed by atoms with Crippen molar-refractivity contribution in [3.05, 3.63) is 46.7 Å². The van der Waals surface area contributed by atoms with E-state index in [0.717, 1.165) is 42.0 Å². The number of aromatic nitrogens is 2. The van der Waals surface area contributed by atoms with Gasteiger partial charge in [0, 0.05) is 43.5 Å². The summed E-state index contributed by atoms with van der Waals surface area (Å²) in [5.41, 5.74) is 1.86. The van der Waals surface area contributed by atoms with E-state index in [9.17, 15) is 18.7 Å². The average Bonchev–Trinajstić information content (AvgIpc) is 2.70. The molecule has 1 aromatic heterocycles. The van der Waals surface area contributed by atoms with Gasteiger partial charge in [0.15, 0.2) is 6.10 Å². The van der Waals surface area contributed by atoms with E-state index in [4.69, 9.17) is 0 Å². The standard InChI is InChI=1S/C22H29F2N5O2/c1-12-13(2)25-22(28-20(12)29(3)4)27-18-7-5-17(6-8-18)26-21(31)19(30)14-9-15(23)11-16(24)10-14/h9-11,17-19,30H,5-8H2,1-4H3,(H,26,31)(H,25,27,28)/t17-,18+,19?. The number of nitrogens with zero attached hydrogens (tertiary/aromatic N) is 3. The minimum atomic E-state index is -1.62. The number of carbonyl (C=O) groups is 1. The van der Waals surface area contributed by atoms with E-state index in [1.807, 2.05) is 32.8 Å². The lowest BCUT2D eigenvalue weighted by Gasteiger charge is -2.30. The molecular weight excluding hydrogens is 404 g/mol. The summed E-state index contributed by atoms with van der Waals surface area (Å²) in [6.07, 6.45) is 1.39. The molecule has 2 aromatic rings. The number of amides is 1. The van der Waals surface area contributed by atoms with Gasteiger partial charge >= 0.3 is 0 Å². The van der Waals surface area contributed by atoms with Gasteiger partial charge in [0.2, 0.25) is 5.95 Å². The van der Waals surface area contributed by atoms with E-state index in [1.165, 1.54) is 0 Å². The zero-order valence-corrected chi connectivity index (χ0v) is 18.2. The van der Waals surface area contributed by atoms with Gasteiger partial charge < -0.3 is 20.6 Å². The number of anilines is 2. The van der Waals surface area contributed by atoms with Crippen molar-refractivity contribution in [2.45, 2.75) is 57.7 Å². The summed E-state index contributed by atoms with van der Waals surface area (Å²) in [5.74, 6) is -0.866. The van der Waals surface area contributed by atoms with Gasteiger partial charge in [-0.2, -0.15) is 4.98 Å². The molecule has 0 radical (unpaired) electrons. The Morgan fingerprint density at radius 1 is 1.06 bits per heavy atom. The van der Waals surface area contributed by atoms with Crippen molar-refractivity contribution in [2.24, 2.45) is 0 Å². The Morgan fingerprint density at radius 2 is 1.65 bits per heavy atom. The van der Waals surface area contributed by atoms with Crippen molar-refractivity contribution in [2.75, 3.05) is 24.3 Å². The molecule has 0 saturated heterocycles. The van der Waals surface area contributed by atoms with Crippen molar-refractivity contribution in [1.82, 2.24) is 15.3 Å². The molecule has 168 valence electrons. The summed E-state index contributed by atoms with van der Waals surface area (Å²) in [6.45, 7) is 3.95. The lowest BCUT2D eigenvalue weighted by Crippen LogP contribution is -2.42. The second-order valence-electron chi connectivity index (χ2n) is 8.28. The fourth-order valence-corrected chi connectivity index (χ4v) is 3.84. The molecule has 1 unspecified atom stereocenters. The van der Waals surface area contributed by atoms with Crippen LogP contribution in [0.2, 0.25) is 0 Å². The van der Waals surface area contributed by atoms with Crippen molar-refractivity contribution in [3.63, 3.8) is 0 Å². The predicted molar refractivity (Wildman–Crippen MR) is 115 cm³/mol. The number of hydrogen-bond donors (Lipinski definition) is 3. The van der Waals surface area contributed by atoms with Crippen LogP contribution in [-0.4, -0.2) is 47.2 Å². The molecule has 9 heteroatoms. The highest BCUT2D eigenvalue weighted by atomic mass is 19.1. The molecule has 1 amide bonds. The summed E-state index contributed by atoms with van der Waals surface area (Å²) in [7, 11) is 3.89. The molecule has 1 saturated carbocycles. The van der Waals surface area contributed by atoms with E-state index in [0.29, 0.717) is 24.9 Å². The molecule has 31 heavy (non-hydrogen) atoms. The Hall–Kier alpha value is -2.81. The summed E-state index contributed by atoms with van der Waals surface area (Å²) in [6, 6.07) is 2.67. The number of rotatable bonds is 6. The molecule has 0 spiro atoms. The topological polar surface area (TPSA) is 90.4 Å². The Kier molecular flexibility index (Phi) is 7.04. The normalized spacial score (nSPS) is 19.6. The molecule has 1 heterocycles. The molecular formula is C22H29F2N5O2. The maximum atomic E-state index is 13.3. The number of aliphatic hydroxyl groups excluding tert-OH is 1. The first-order valence-corrected chi connectivity index (χ1v) is 10.4. The van der Waals surface area contributed by atoms with Crippen LogP contribution < -0.4 is 15.5 Å². The van der Waals surface area contributed by atoms with Crippen molar-refractivity contribution in [1.29, 1.82) is 0 Å². The number of aryl methyl sites for hydroxylation is 1. The predicted octanol–water partition coefficient (Wildman–Crippen LogP) is 3.01. The lowest BCUT2D eigenvalue weighted by molar-refractivity contribution is -0.130. The van der Waals surface area contributed by atoms with Gasteiger partial charge in [-0.15, -0.1) is 0 Å². The molecule has 1 fully saturated rings. The van der Waals surface area contributed by atoms with Crippen LogP contribution in [0.25, 0.3) is 0 Å². The first kappa shape index (κ1) is 22.9. The fraction of sp³-hybridized carbons (Fsp3) is 0.500. The number of halogens is 2. The van der Waals surface area contributed by atoms with Crippen LogP contribution in [0.15, 0.2) is 18.2 Å². The minimum Gasteiger partial charge on any atom is -0.378 e. The molecule has 0 aliphatic heterocycles. The molecule has 7 nitrogen and oxygen atoms in total. The van der Waals surface area contributed by atoms with Crippen molar-refractivity contribution in [3.8, 4) is 0 Å². The Labute approximate surface area is 180 Å². The third-order valence-electron chi connectivity index (χ3n) is 5.64. The Morgan fingerprint density at radius 3 is 2.23 bits per heavy atom. The summed E-state index contributed by atoms with van der Waals surface area (Å²) >= 11 is 0. The van der Waals surface area contributed by atoms with Crippen LogP contribution in [-0.2, 0) is 4.79 Å². The van der Waals surface area contributed by atoms with Gasteiger partial charge in [0.25, 0.3) is 5.91 Å². The highest BCUT2D eigenvalue weighted by molar-refractivity contribution is 5.82. The molecule has 1 aliphatic rings. The van der Waals surface area contributed by atoms with E-state index >= 15 is 0 Å². The van der Waals surface area contributed by atoms with Crippen LogP contribution in [0, 0.1) is 25.5 Å². The minimum absolute atomic E-state index is 0.103. The highest BCUT2D eigenvalue weighted by Gasteiger charge is 2.26. The Balaban J connectivity index is 1.54. The van der Waals surface area contributed by atoms with Gasteiger partial charge in [-0.25, -0.2) is 13.8 Å². The van der Waals surface area contributed by atoms with Crippen molar-refractivity contribution < 1.29 is 18.7 Å². The number of carbonyl (C=O) groups excluding carboxylic acids is 1. The molecule has 1 atom stereocenters. The van der Waals surface area contributed by atoms with Crippen LogP contribution in [0.4, 0.5) is 20.5 Å². The third kappa shape index (κ3) is 5.66. The summed E-state index contributed by atoms with van der Waals surface area (Å²) in [5, 5.41) is 16.3. The zero-order valence-electron chi connectivity index (χ0n) is 18.2. The molecule has 0 bridgehead atoms.